The molecule has 7 heteroatoms. The monoisotopic (exact) mass is 399 g/mol. The second-order valence-corrected chi connectivity index (χ2v) is 8.18. The van der Waals surface area contributed by atoms with Crippen LogP contribution in [0.2, 0.25) is 0 Å². The summed E-state index contributed by atoms with van der Waals surface area (Å²) in [7, 11) is 0. The van der Waals surface area contributed by atoms with E-state index in [1.54, 1.807) is 18.2 Å². The maximum Gasteiger partial charge on any atom is 0.270 e. The van der Waals surface area contributed by atoms with Crippen molar-refractivity contribution < 1.29 is 14.3 Å². The van der Waals surface area contributed by atoms with Crippen molar-refractivity contribution in [2.24, 2.45) is 0 Å². The SMILES string of the molecule is Cc1ccc([C@H](F)c2cc(C(=O)N[C@H]3CCCC[C@@H]3O)nc3ccsc23)cn1. The Hall–Kier alpha value is -2.38. The third kappa shape index (κ3) is 3.77. The number of pyridine rings is 2. The van der Waals surface area contributed by atoms with Crippen molar-refractivity contribution in [3.8, 4) is 0 Å². The van der Waals surface area contributed by atoms with Gasteiger partial charge in [0.2, 0.25) is 0 Å². The second-order valence-electron chi connectivity index (χ2n) is 7.26. The van der Waals surface area contributed by atoms with Gasteiger partial charge in [0.05, 0.1) is 22.4 Å². The van der Waals surface area contributed by atoms with E-state index in [2.05, 4.69) is 15.3 Å². The van der Waals surface area contributed by atoms with E-state index in [1.807, 2.05) is 12.3 Å². The Kier molecular flexibility index (Phi) is 5.37. The van der Waals surface area contributed by atoms with E-state index < -0.39 is 12.3 Å². The lowest BCUT2D eigenvalue weighted by molar-refractivity contribution is 0.0714. The van der Waals surface area contributed by atoms with Crippen LogP contribution >= 0.6 is 11.3 Å². The highest BCUT2D eigenvalue weighted by atomic mass is 32.1. The summed E-state index contributed by atoms with van der Waals surface area (Å²) in [6, 6.07) is 6.51. The fraction of sp³-hybridized carbons (Fsp3) is 0.381. The van der Waals surface area contributed by atoms with Crippen LogP contribution in [0.15, 0.2) is 35.8 Å². The Morgan fingerprint density at radius 1 is 1.32 bits per heavy atom. The summed E-state index contributed by atoms with van der Waals surface area (Å²) in [5, 5.41) is 14.8. The first-order valence-corrected chi connectivity index (χ1v) is 10.3. The number of aliphatic hydroxyl groups is 1. The molecule has 3 aromatic rings. The second kappa shape index (κ2) is 7.93. The van der Waals surface area contributed by atoms with E-state index in [0.717, 1.165) is 29.7 Å². The van der Waals surface area contributed by atoms with Crippen molar-refractivity contribution in [1.29, 1.82) is 0 Å². The minimum absolute atomic E-state index is 0.168. The van der Waals surface area contributed by atoms with Gasteiger partial charge in [-0.2, -0.15) is 0 Å². The van der Waals surface area contributed by atoms with Gasteiger partial charge >= 0.3 is 0 Å². The number of alkyl halides is 1. The summed E-state index contributed by atoms with van der Waals surface area (Å²) >= 11 is 1.40. The minimum Gasteiger partial charge on any atom is -0.391 e. The van der Waals surface area contributed by atoms with E-state index in [9.17, 15) is 9.90 Å². The Morgan fingerprint density at radius 3 is 2.89 bits per heavy atom. The summed E-state index contributed by atoms with van der Waals surface area (Å²) in [4.78, 5) is 21.4. The standard InChI is InChI=1S/C21H22FN3O2S/c1-12-6-7-13(11-23-12)19(22)14-10-17(24-16-8-9-28-20(14)16)21(27)25-15-4-2-3-5-18(15)26/h6-11,15,18-19,26H,2-5H2,1H3,(H,25,27)/t15-,18-,19-/m0/s1. The summed E-state index contributed by atoms with van der Waals surface area (Å²) in [6.45, 7) is 1.85. The molecule has 0 radical (unpaired) electrons. The molecule has 28 heavy (non-hydrogen) atoms. The predicted octanol–water partition coefficient (Wildman–Crippen LogP) is 4.09. The number of nitrogens with zero attached hydrogens (tertiary/aromatic N) is 2. The van der Waals surface area contributed by atoms with Crippen molar-refractivity contribution in [3.05, 3.63) is 58.4 Å². The fourth-order valence-electron chi connectivity index (χ4n) is 3.62. The lowest BCUT2D eigenvalue weighted by atomic mass is 9.92. The van der Waals surface area contributed by atoms with Crippen LogP contribution in [0.25, 0.3) is 10.2 Å². The highest BCUT2D eigenvalue weighted by Crippen LogP contribution is 2.34. The van der Waals surface area contributed by atoms with Crippen molar-refractivity contribution in [2.75, 3.05) is 0 Å². The molecule has 5 nitrogen and oxygen atoms in total. The normalized spacial score (nSPS) is 20.8. The highest BCUT2D eigenvalue weighted by molar-refractivity contribution is 7.17. The van der Waals surface area contributed by atoms with E-state index in [-0.39, 0.29) is 17.6 Å². The van der Waals surface area contributed by atoms with E-state index in [0.29, 0.717) is 23.1 Å². The number of amides is 1. The molecule has 3 heterocycles. The van der Waals surface area contributed by atoms with Crippen molar-refractivity contribution in [3.63, 3.8) is 0 Å². The molecule has 3 atom stereocenters. The van der Waals surface area contributed by atoms with Gasteiger partial charge in [-0.15, -0.1) is 11.3 Å². The van der Waals surface area contributed by atoms with Crippen LogP contribution in [0.4, 0.5) is 4.39 Å². The van der Waals surface area contributed by atoms with E-state index in [1.165, 1.54) is 23.6 Å². The molecule has 1 aliphatic carbocycles. The van der Waals surface area contributed by atoms with Crippen LogP contribution in [0, 0.1) is 6.92 Å². The summed E-state index contributed by atoms with van der Waals surface area (Å²) < 4.78 is 16.1. The van der Waals surface area contributed by atoms with Crippen LogP contribution in [-0.2, 0) is 0 Å². The largest absolute Gasteiger partial charge is 0.391 e. The molecule has 0 aromatic carbocycles. The Balaban J connectivity index is 1.66. The number of hydrogen-bond acceptors (Lipinski definition) is 5. The number of carbonyl (C=O) groups excluding carboxylic acids is 1. The topological polar surface area (TPSA) is 75.1 Å². The Labute approximate surface area is 166 Å². The van der Waals surface area contributed by atoms with E-state index >= 15 is 4.39 Å². The van der Waals surface area contributed by atoms with Crippen molar-refractivity contribution in [2.45, 2.75) is 50.9 Å². The molecule has 146 valence electrons. The Morgan fingerprint density at radius 2 is 2.14 bits per heavy atom. The maximum atomic E-state index is 15.3. The van der Waals surface area contributed by atoms with Gasteiger partial charge < -0.3 is 10.4 Å². The van der Waals surface area contributed by atoms with Gasteiger partial charge in [0, 0.05) is 23.0 Å². The molecule has 0 aliphatic heterocycles. The van der Waals surface area contributed by atoms with Crippen molar-refractivity contribution >= 4 is 27.5 Å². The molecule has 0 spiro atoms. The molecule has 1 amide bonds. The highest BCUT2D eigenvalue weighted by Gasteiger charge is 2.26. The molecule has 4 rings (SSSR count). The average molecular weight is 399 g/mol. The molecular weight excluding hydrogens is 377 g/mol. The van der Waals surface area contributed by atoms with Crippen LogP contribution in [0.5, 0.6) is 0 Å². The quantitative estimate of drug-likeness (QED) is 0.693. The summed E-state index contributed by atoms with van der Waals surface area (Å²) in [6.07, 6.45) is 2.93. The Bertz CT molecular complexity index is 989. The molecule has 0 saturated heterocycles. The number of halogens is 1. The number of fused-ring (bicyclic) bond motifs is 1. The van der Waals surface area contributed by atoms with Gasteiger partial charge in [-0.25, -0.2) is 9.37 Å². The number of rotatable bonds is 4. The molecule has 0 bridgehead atoms. The van der Waals surface area contributed by atoms with Gasteiger partial charge in [-0.1, -0.05) is 18.9 Å². The summed E-state index contributed by atoms with van der Waals surface area (Å²) in [5.41, 5.74) is 2.44. The third-order valence-corrected chi connectivity index (χ3v) is 6.17. The van der Waals surface area contributed by atoms with E-state index in [4.69, 9.17) is 0 Å². The fourth-order valence-corrected chi connectivity index (χ4v) is 4.48. The zero-order valence-electron chi connectivity index (χ0n) is 15.6. The molecule has 1 aliphatic rings. The first-order valence-electron chi connectivity index (χ1n) is 9.46. The van der Waals surface area contributed by atoms with Crippen LogP contribution in [-0.4, -0.2) is 33.1 Å². The van der Waals surface area contributed by atoms with Gasteiger partial charge in [-0.05, 0) is 43.3 Å². The molecule has 0 unspecified atom stereocenters. The van der Waals surface area contributed by atoms with Gasteiger partial charge in [0.15, 0.2) is 6.17 Å². The molecule has 2 N–H and O–H groups in total. The summed E-state index contributed by atoms with van der Waals surface area (Å²) in [5.74, 6) is -0.380. The van der Waals surface area contributed by atoms with Gasteiger partial charge in [0.1, 0.15) is 5.69 Å². The first-order chi connectivity index (χ1) is 13.5. The van der Waals surface area contributed by atoms with Gasteiger partial charge in [-0.3, -0.25) is 9.78 Å². The third-order valence-electron chi connectivity index (χ3n) is 5.22. The van der Waals surface area contributed by atoms with Crippen molar-refractivity contribution in [1.82, 2.24) is 15.3 Å². The number of carbonyl (C=O) groups is 1. The first kappa shape index (κ1) is 19.0. The smallest absolute Gasteiger partial charge is 0.270 e. The molecular formula is C21H22FN3O2S. The number of aromatic nitrogens is 2. The average Bonchev–Trinajstić information content (AvgIpc) is 3.17. The lowest BCUT2D eigenvalue weighted by Crippen LogP contribution is -2.45. The zero-order chi connectivity index (χ0) is 19.7. The predicted molar refractivity (Wildman–Crippen MR) is 107 cm³/mol. The number of thiophene rings is 1. The minimum atomic E-state index is -1.40. The van der Waals surface area contributed by atoms with Crippen LogP contribution < -0.4 is 5.32 Å². The number of aryl methyl sites for hydroxylation is 1. The maximum absolute atomic E-state index is 15.3. The lowest BCUT2D eigenvalue weighted by Gasteiger charge is -2.28. The number of hydrogen-bond donors (Lipinski definition) is 2. The van der Waals surface area contributed by atoms with Gasteiger partial charge in [0.25, 0.3) is 5.91 Å². The number of nitrogens with one attached hydrogen (secondary N) is 1. The zero-order valence-corrected chi connectivity index (χ0v) is 16.4. The van der Waals surface area contributed by atoms with Crippen LogP contribution in [0.1, 0.15) is 59.2 Å². The number of aliphatic hydroxyl groups excluding tert-OH is 1. The molecule has 3 aromatic heterocycles. The van der Waals surface area contributed by atoms with Crippen LogP contribution in [0.3, 0.4) is 0 Å². The molecule has 1 saturated carbocycles. The molecule has 1 fully saturated rings.